The number of fused-ring (bicyclic) bond motifs is 1. The van der Waals surface area contributed by atoms with E-state index in [4.69, 9.17) is 9.63 Å². The molecule has 0 saturated heterocycles. The van der Waals surface area contributed by atoms with Gasteiger partial charge in [-0.1, -0.05) is 11.2 Å². The molecule has 5 heteroatoms. The van der Waals surface area contributed by atoms with Gasteiger partial charge in [0.1, 0.15) is 0 Å². The molecule has 1 aliphatic heterocycles. The van der Waals surface area contributed by atoms with E-state index in [1.807, 2.05) is 12.1 Å². The summed E-state index contributed by atoms with van der Waals surface area (Å²) in [4.78, 5) is 4.31. The van der Waals surface area contributed by atoms with Crippen LogP contribution in [0.25, 0.3) is 11.5 Å². The first-order chi connectivity index (χ1) is 8.88. The smallest absolute Gasteiger partial charge is 0.258 e. The highest BCUT2D eigenvalue weighted by Crippen LogP contribution is 2.31. The van der Waals surface area contributed by atoms with Gasteiger partial charge in [0.2, 0.25) is 0 Å². The molecule has 0 saturated carbocycles. The molecule has 1 aromatic heterocycles. The van der Waals surface area contributed by atoms with Crippen LogP contribution in [0, 0.1) is 0 Å². The maximum atomic E-state index is 8.86. The van der Waals surface area contributed by atoms with Crippen LogP contribution in [-0.4, -0.2) is 28.4 Å². The van der Waals surface area contributed by atoms with Crippen LogP contribution in [0.2, 0.25) is 0 Å². The molecule has 94 valence electrons. The fourth-order valence-corrected chi connectivity index (χ4v) is 2.28. The van der Waals surface area contributed by atoms with Crippen LogP contribution >= 0.6 is 0 Å². The summed E-state index contributed by atoms with van der Waals surface area (Å²) in [5.41, 5.74) is 3.39. The Morgan fingerprint density at radius 1 is 1.39 bits per heavy atom. The first kappa shape index (κ1) is 11.2. The van der Waals surface area contributed by atoms with E-state index >= 15 is 0 Å². The number of nitrogens with zero attached hydrogens (tertiary/aromatic N) is 2. The monoisotopic (exact) mass is 245 g/mol. The zero-order chi connectivity index (χ0) is 12.4. The summed E-state index contributed by atoms with van der Waals surface area (Å²) in [5.74, 6) is 1.09. The molecule has 2 aromatic rings. The zero-order valence-electron chi connectivity index (χ0n) is 10.0. The highest BCUT2D eigenvalue weighted by molar-refractivity contribution is 5.69. The number of aliphatic hydroxyl groups excluding tert-OH is 1. The molecule has 3 rings (SSSR count). The Morgan fingerprint density at radius 2 is 2.33 bits per heavy atom. The molecular formula is C13H15N3O2. The van der Waals surface area contributed by atoms with Crippen molar-refractivity contribution in [1.29, 1.82) is 0 Å². The molecule has 5 nitrogen and oxygen atoms in total. The van der Waals surface area contributed by atoms with Crippen LogP contribution in [0.5, 0.6) is 0 Å². The minimum Gasteiger partial charge on any atom is -0.396 e. The third-order valence-corrected chi connectivity index (χ3v) is 3.13. The van der Waals surface area contributed by atoms with Gasteiger partial charge in [-0.25, -0.2) is 0 Å². The molecule has 2 N–H and O–H groups in total. The summed E-state index contributed by atoms with van der Waals surface area (Å²) in [6.07, 6.45) is 2.56. The fourth-order valence-electron chi connectivity index (χ4n) is 2.28. The van der Waals surface area contributed by atoms with E-state index in [-0.39, 0.29) is 6.61 Å². The van der Waals surface area contributed by atoms with E-state index < -0.39 is 0 Å². The Kier molecular flexibility index (Phi) is 2.98. The Morgan fingerprint density at radius 3 is 3.22 bits per heavy atom. The first-order valence-corrected chi connectivity index (χ1v) is 6.18. The maximum Gasteiger partial charge on any atom is 0.258 e. The van der Waals surface area contributed by atoms with E-state index in [9.17, 15) is 0 Å². The van der Waals surface area contributed by atoms with Crippen molar-refractivity contribution in [3.05, 3.63) is 29.6 Å². The Labute approximate surface area is 105 Å². The average Bonchev–Trinajstić information content (AvgIpc) is 2.87. The second kappa shape index (κ2) is 4.78. The predicted octanol–water partition coefficient (Wildman–Crippen LogP) is 1.63. The third kappa shape index (κ3) is 1.97. The second-order valence-corrected chi connectivity index (χ2v) is 4.35. The SMILES string of the molecule is OCCc1noc(-c2cccc3c2CCCN3)n1. The molecule has 1 aliphatic rings. The van der Waals surface area contributed by atoms with Crippen LogP contribution in [0.1, 0.15) is 17.8 Å². The van der Waals surface area contributed by atoms with E-state index in [2.05, 4.69) is 21.5 Å². The van der Waals surface area contributed by atoms with Crippen molar-refractivity contribution in [1.82, 2.24) is 10.1 Å². The van der Waals surface area contributed by atoms with Crippen LogP contribution in [-0.2, 0) is 12.8 Å². The van der Waals surface area contributed by atoms with Crippen molar-refractivity contribution < 1.29 is 9.63 Å². The number of benzene rings is 1. The number of aromatic nitrogens is 2. The largest absolute Gasteiger partial charge is 0.396 e. The van der Waals surface area contributed by atoms with Crippen molar-refractivity contribution in [2.24, 2.45) is 0 Å². The molecule has 0 aliphatic carbocycles. The normalized spacial score (nSPS) is 14.1. The summed E-state index contributed by atoms with van der Waals surface area (Å²) in [6.45, 7) is 1.05. The van der Waals surface area contributed by atoms with Crippen LogP contribution in [0.3, 0.4) is 0 Å². The molecule has 0 spiro atoms. The van der Waals surface area contributed by atoms with Gasteiger partial charge in [0.05, 0.1) is 6.61 Å². The minimum atomic E-state index is 0.0351. The number of hydrogen-bond acceptors (Lipinski definition) is 5. The molecule has 0 fully saturated rings. The van der Waals surface area contributed by atoms with Crippen molar-refractivity contribution >= 4 is 5.69 Å². The van der Waals surface area contributed by atoms with Gasteiger partial charge >= 0.3 is 0 Å². The number of aliphatic hydroxyl groups is 1. The number of nitrogens with one attached hydrogen (secondary N) is 1. The highest BCUT2D eigenvalue weighted by atomic mass is 16.5. The summed E-state index contributed by atoms with van der Waals surface area (Å²) < 4.78 is 5.27. The topological polar surface area (TPSA) is 71.2 Å². The quantitative estimate of drug-likeness (QED) is 0.860. The van der Waals surface area contributed by atoms with E-state index in [0.717, 1.165) is 30.6 Å². The van der Waals surface area contributed by atoms with Gasteiger partial charge < -0.3 is 14.9 Å². The molecule has 2 heterocycles. The summed E-state index contributed by atoms with van der Waals surface area (Å²) >= 11 is 0. The Bertz CT molecular complexity index is 551. The zero-order valence-corrected chi connectivity index (χ0v) is 10.0. The predicted molar refractivity (Wildman–Crippen MR) is 67.3 cm³/mol. The summed E-state index contributed by atoms with van der Waals surface area (Å²) in [6, 6.07) is 6.06. The van der Waals surface area contributed by atoms with Crippen molar-refractivity contribution in [3.8, 4) is 11.5 Å². The fraction of sp³-hybridized carbons (Fsp3) is 0.385. The van der Waals surface area contributed by atoms with Crippen molar-refractivity contribution in [3.63, 3.8) is 0 Å². The van der Waals surface area contributed by atoms with Crippen LogP contribution in [0.4, 0.5) is 5.69 Å². The molecule has 0 unspecified atom stereocenters. The Balaban J connectivity index is 2.00. The van der Waals surface area contributed by atoms with Crippen LogP contribution in [0.15, 0.2) is 22.7 Å². The first-order valence-electron chi connectivity index (χ1n) is 6.18. The minimum absolute atomic E-state index is 0.0351. The van der Waals surface area contributed by atoms with Gasteiger partial charge in [-0.05, 0) is 30.5 Å². The molecular weight excluding hydrogens is 230 g/mol. The average molecular weight is 245 g/mol. The molecule has 0 radical (unpaired) electrons. The number of anilines is 1. The third-order valence-electron chi connectivity index (χ3n) is 3.13. The standard InChI is InChI=1S/C13H15N3O2/c17-8-6-12-15-13(18-16-12)10-3-1-5-11-9(10)4-2-7-14-11/h1,3,5,14,17H,2,4,6-8H2. The number of hydrogen-bond donors (Lipinski definition) is 2. The molecule has 18 heavy (non-hydrogen) atoms. The molecule has 0 amide bonds. The lowest BCUT2D eigenvalue weighted by Gasteiger charge is -2.19. The van der Waals surface area contributed by atoms with Gasteiger partial charge in [-0.15, -0.1) is 0 Å². The van der Waals surface area contributed by atoms with Crippen molar-refractivity contribution in [2.45, 2.75) is 19.3 Å². The van der Waals surface area contributed by atoms with E-state index in [0.29, 0.717) is 18.1 Å². The van der Waals surface area contributed by atoms with Crippen LogP contribution < -0.4 is 5.32 Å². The maximum absolute atomic E-state index is 8.86. The second-order valence-electron chi connectivity index (χ2n) is 4.35. The highest BCUT2D eigenvalue weighted by Gasteiger charge is 2.17. The molecule has 1 aromatic carbocycles. The summed E-state index contributed by atoms with van der Waals surface area (Å²) in [7, 11) is 0. The molecule has 0 atom stereocenters. The van der Waals surface area contributed by atoms with Crippen molar-refractivity contribution in [2.75, 3.05) is 18.5 Å². The Hall–Kier alpha value is -1.88. The lowest BCUT2D eigenvalue weighted by molar-refractivity contribution is 0.293. The van der Waals surface area contributed by atoms with Gasteiger partial charge in [-0.2, -0.15) is 4.98 Å². The lowest BCUT2D eigenvalue weighted by atomic mass is 9.97. The molecule has 0 bridgehead atoms. The van der Waals surface area contributed by atoms with Gasteiger partial charge in [0.25, 0.3) is 5.89 Å². The van der Waals surface area contributed by atoms with E-state index in [1.54, 1.807) is 0 Å². The van der Waals surface area contributed by atoms with Gasteiger partial charge in [0.15, 0.2) is 5.82 Å². The van der Waals surface area contributed by atoms with Gasteiger partial charge in [-0.3, -0.25) is 0 Å². The number of rotatable bonds is 3. The van der Waals surface area contributed by atoms with Gasteiger partial charge in [0, 0.05) is 24.2 Å². The van der Waals surface area contributed by atoms with E-state index in [1.165, 1.54) is 5.56 Å². The summed E-state index contributed by atoms with van der Waals surface area (Å²) in [5, 5.41) is 16.1. The lowest BCUT2D eigenvalue weighted by Crippen LogP contribution is -2.12.